The number of para-hydroxylation sites is 1. The van der Waals surface area contributed by atoms with Crippen molar-refractivity contribution in [3.05, 3.63) is 41.5 Å². The van der Waals surface area contributed by atoms with Gasteiger partial charge in [0.05, 0.1) is 25.2 Å². The molecule has 0 aliphatic carbocycles. The van der Waals surface area contributed by atoms with Crippen molar-refractivity contribution in [2.75, 3.05) is 0 Å². The molecule has 0 saturated heterocycles. The fourth-order valence-electron chi connectivity index (χ4n) is 3.58. The first kappa shape index (κ1) is 16.6. The number of hydrogen-bond acceptors (Lipinski definition) is 5. The minimum absolute atomic E-state index is 0.282. The van der Waals surface area contributed by atoms with Crippen LogP contribution in [0.25, 0.3) is 11.0 Å². The number of carbonyl (C=O) groups is 1. The van der Waals surface area contributed by atoms with Gasteiger partial charge < -0.3 is 14.2 Å². The van der Waals surface area contributed by atoms with Crippen LogP contribution in [0.3, 0.4) is 0 Å². The third kappa shape index (κ3) is 2.55. The van der Waals surface area contributed by atoms with Crippen LogP contribution in [-0.2, 0) is 31.0 Å². The van der Waals surface area contributed by atoms with Gasteiger partial charge in [-0.15, -0.1) is 10.2 Å². The van der Waals surface area contributed by atoms with Crippen molar-refractivity contribution in [1.29, 1.82) is 0 Å². The molecule has 136 valence electrons. The SMILES string of the molecule is CCn1c(CN2Cc3nnc(C)n3CC2C(=O)O)nc2c(F)cccc21. The van der Waals surface area contributed by atoms with Crippen LogP contribution in [0.5, 0.6) is 0 Å². The second-order valence-corrected chi connectivity index (χ2v) is 6.41. The van der Waals surface area contributed by atoms with E-state index in [9.17, 15) is 14.3 Å². The molecule has 1 N–H and O–H groups in total. The van der Waals surface area contributed by atoms with Gasteiger partial charge in [0.25, 0.3) is 0 Å². The van der Waals surface area contributed by atoms with Gasteiger partial charge >= 0.3 is 5.97 Å². The van der Waals surface area contributed by atoms with Gasteiger partial charge in [0.15, 0.2) is 5.82 Å². The first-order valence-electron chi connectivity index (χ1n) is 8.48. The van der Waals surface area contributed by atoms with Gasteiger partial charge in [-0.3, -0.25) is 9.69 Å². The Kier molecular flexibility index (Phi) is 3.95. The third-order valence-electron chi connectivity index (χ3n) is 4.91. The minimum Gasteiger partial charge on any atom is -0.480 e. The fraction of sp³-hybridized carbons (Fsp3) is 0.412. The number of carboxylic acid groups (broad SMARTS) is 1. The molecule has 2 aromatic heterocycles. The Morgan fingerprint density at radius 2 is 2.19 bits per heavy atom. The Hall–Kier alpha value is -2.81. The summed E-state index contributed by atoms with van der Waals surface area (Å²) >= 11 is 0. The Morgan fingerprint density at radius 3 is 2.92 bits per heavy atom. The average Bonchev–Trinajstić information content (AvgIpc) is 3.15. The fourth-order valence-corrected chi connectivity index (χ4v) is 3.58. The van der Waals surface area contributed by atoms with Gasteiger partial charge in [0.1, 0.15) is 29.0 Å². The standard InChI is InChI=1S/C17H19FN6O2/c1-3-23-12-6-4-5-11(18)16(12)19-14(23)8-22-9-15-21-20-10(2)24(15)7-13(22)17(25)26/h4-6,13H,3,7-9H2,1-2H3,(H,25,26). The number of nitrogens with zero attached hydrogens (tertiary/aromatic N) is 6. The van der Waals surface area contributed by atoms with Crippen molar-refractivity contribution in [2.24, 2.45) is 0 Å². The maximum Gasteiger partial charge on any atom is 0.322 e. The van der Waals surface area contributed by atoms with Crippen molar-refractivity contribution < 1.29 is 14.3 Å². The number of carboxylic acids is 1. The lowest BCUT2D eigenvalue weighted by Gasteiger charge is -2.33. The lowest BCUT2D eigenvalue weighted by molar-refractivity contribution is -0.145. The van der Waals surface area contributed by atoms with Crippen molar-refractivity contribution in [2.45, 2.75) is 46.1 Å². The Balaban J connectivity index is 1.73. The van der Waals surface area contributed by atoms with Gasteiger partial charge in [-0.05, 0) is 26.0 Å². The van der Waals surface area contributed by atoms with E-state index in [-0.39, 0.29) is 12.4 Å². The number of aryl methyl sites for hydroxylation is 2. The topological polar surface area (TPSA) is 89.1 Å². The number of fused-ring (bicyclic) bond motifs is 2. The minimum atomic E-state index is -0.908. The van der Waals surface area contributed by atoms with Crippen LogP contribution in [0.2, 0.25) is 0 Å². The number of hydrogen-bond donors (Lipinski definition) is 1. The highest BCUT2D eigenvalue weighted by Gasteiger charge is 2.34. The average molecular weight is 358 g/mol. The lowest BCUT2D eigenvalue weighted by atomic mass is 10.2. The summed E-state index contributed by atoms with van der Waals surface area (Å²) in [6.45, 7) is 5.32. The zero-order chi connectivity index (χ0) is 18.4. The van der Waals surface area contributed by atoms with E-state index in [1.54, 1.807) is 11.0 Å². The first-order chi connectivity index (χ1) is 12.5. The van der Waals surface area contributed by atoms with Gasteiger partial charge in [-0.2, -0.15) is 0 Å². The van der Waals surface area contributed by atoms with Crippen LogP contribution in [-0.4, -0.2) is 46.3 Å². The van der Waals surface area contributed by atoms with Crippen LogP contribution >= 0.6 is 0 Å². The summed E-state index contributed by atoms with van der Waals surface area (Å²) < 4.78 is 17.8. The highest BCUT2D eigenvalue weighted by atomic mass is 19.1. The molecule has 9 heteroatoms. The van der Waals surface area contributed by atoms with E-state index >= 15 is 0 Å². The maximum atomic E-state index is 14.1. The van der Waals surface area contributed by atoms with Crippen molar-refractivity contribution in [3.8, 4) is 0 Å². The molecule has 0 radical (unpaired) electrons. The van der Waals surface area contributed by atoms with Gasteiger partial charge in [-0.25, -0.2) is 9.37 Å². The number of halogens is 1. The molecular formula is C17H19FN6O2. The summed E-state index contributed by atoms with van der Waals surface area (Å²) in [5, 5.41) is 17.8. The normalized spacial score (nSPS) is 17.6. The third-order valence-corrected chi connectivity index (χ3v) is 4.91. The molecule has 1 atom stereocenters. The second-order valence-electron chi connectivity index (χ2n) is 6.41. The summed E-state index contributed by atoms with van der Waals surface area (Å²) in [5.41, 5.74) is 1.03. The molecule has 0 saturated carbocycles. The highest BCUT2D eigenvalue weighted by Crippen LogP contribution is 2.24. The molecule has 0 spiro atoms. The van der Waals surface area contributed by atoms with E-state index in [0.29, 0.717) is 42.3 Å². The van der Waals surface area contributed by atoms with E-state index in [0.717, 1.165) is 5.82 Å². The van der Waals surface area contributed by atoms with E-state index in [2.05, 4.69) is 15.2 Å². The van der Waals surface area contributed by atoms with E-state index in [4.69, 9.17) is 0 Å². The largest absolute Gasteiger partial charge is 0.480 e. The quantitative estimate of drug-likeness (QED) is 0.761. The lowest BCUT2D eigenvalue weighted by Crippen LogP contribution is -2.47. The molecule has 1 aromatic carbocycles. The number of aliphatic carboxylic acids is 1. The smallest absolute Gasteiger partial charge is 0.322 e. The molecule has 26 heavy (non-hydrogen) atoms. The van der Waals surface area contributed by atoms with Crippen LogP contribution in [0.1, 0.15) is 24.4 Å². The van der Waals surface area contributed by atoms with Crippen LogP contribution in [0.15, 0.2) is 18.2 Å². The molecule has 1 unspecified atom stereocenters. The maximum absolute atomic E-state index is 14.1. The zero-order valence-electron chi connectivity index (χ0n) is 14.6. The van der Waals surface area contributed by atoms with Crippen LogP contribution in [0, 0.1) is 12.7 Å². The van der Waals surface area contributed by atoms with E-state index in [1.807, 2.05) is 29.0 Å². The van der Waals surface area contributed by atoms with Crippen LogP contribution < -0.4 is 0 Å². The van der Waals surface area contributed by atoms with Crippen molar-refractivity contribution in [1.82, 2.24) is 29.2 Å². The molecule has 3 heterocycles. The molecule has 4 rings (SSSR count). The molecule has 0 amide bonds. The summed E-state index contributed by atoms with van der Waals surface area (Å²) in [5.74, 6) is 0.788. The Morgan fingerprint density at radius 1 is 1.38 bits per heavy atom. The van der Waals surface area contributed by atoms with Crippen molar-refractivity contribution in [3.63, 3.8) is 0 Å². The predicted octanol–water partition coefficient (Wildman–Crippen LogP) is 1.56. The Bertz CT molecular complexity index is 995. The van der Waals surface area contributed by atoms with Gasteiger partial charge in [0, 0.05) is 6.54 Å². The highest BCUT2D eigenvalue weighted by molar-refractivity contribution is 5.77. The summed E-state index contributed by atoms with van der Waals surface area (Å²) in [4.78, 5) is 18.0. The van der Waals surface area contributed by atoms with Crippen molar-refractivity contribution >= 4 is 17.0 Å². The molecule has 0 fully saturated rings. The number of rotatable bonds is 4. The number of aromatic nitrogens is 5. The molecule has 1 aliphatic rings. The number of benzene rings is 1. The van der Waals surface area contributed by atoms with E-state index in [1.165, 1.54) is 6.07 Å². The number of imidazole rings is 1. The van der Waals surface area contributed by atoms with Crippen LogP contribution in [0.4, 0.5) is 4.39 Å². The molecule has 1 aliphatic heterocycles. The predicted molar refractivity (Wildman–Crippen MR) is 90.8 cm³/mol. The monoisotopic (exact) mass is 358 g/mol. The van der Waals surface area contributed by atoms with Gasteiger partial charge in [-0.1, -0.05) is 6.07 Å². The zero-order valence-corrected chi connectivity index (χ0v) is 14.6. The van der Waals surface area contributed by atoms with E-state index < -0.39 is 12.0 Å². The summed E-state index contributed by atoms with van der Waals surface area (Å²) in [6, 6.07) is 4.14. The molecular weight excluding hydrogens is 339 g/mol. The van der Waals surface area contributed by atoms with Gasteiger partial charge in [0.2, 0.25) is 0 Å². The second kappa shape index (κ2) is 6.17. The Labute approximate surface area is 148 Å². The first-order valence-corrected chi connectivity index (χ1v) is 8.48. The summed E-state index contributed by atoms with van der Waals surface area (Å²) in [7, 11) is 0. The molecule has 8 nitrogen and oxygen atoms in total. The summed E-state index contributed by atoms with van der Waals surface area (Å²) in [6.07, 6.45) is 0. The molecule has 3 aromatic rings. The molecule has 0 bridgehead atoms.